The lowest BCUT2D eigenvalue weighted by Gasteiger charge is -2.12. The van der Waals surface area contributed by atoms with E-state index in [-0.39, 0.29) is 5.95 Å². The summed E-state index contributed by atoms with van der Waals surface area (Å²) in [7, 11) is 1.54. The Morgan fingerprint density at radius 3 is 2.81 bits per heavy atom. The van der Waals surface area contributed by atoms with Gasteiger partial charge in [-0.05, 0) is 40.2 Å². The van der Waals surface area contributed by atoms with Crippen molar-refractivity contribution < 1.29 is 9.13 Å². The van der Waals surface area contributed by atoms with Gasteiger partial charge in [0.2, 0.25) is 5.95 Å². The number of anilines is 1. The van der Waals surface area contributed by atoms with Gasteiger partial charge in [0.15, 0.2) is 0 Å². The van der Waals surface area contributed by atoms with Crippen LogP contribution >= 0.6 is 27.5 Å². The summed E-state index contributed by atoms with van der Waals surface area (Å²) in [5.74, 6) is 0.390. The molecule has 3 rings (SSSR count). The minimum atomic E-state index is -0.398. The van der Waals surface area contributed by atoms with Crippen molar-refractivity contribution in [3.05, 3.63) is 45.6 Å². The van der Waals surface area contributed by atoms with E-state index in [4.69, 9.17) is 22.1 Å². The molecule has 0 unspecified atom stereocenters. The van der Waals surface area contributed by atoms with E-state index in [1.54, 1.807) is 35.9 Å². The van der Waals surface area contributed by atoms with Crippen molar-refractivity contribution >= 4 is 44.5 Å². The average molecular weight is 371 g/mol. The summed E-state index contributed by atoms with van der Waals surface area (Å²) in [4.78, 5) is 4.24. The van der Waals surface area contributed by atoms with Gasteiger partial charge in [-0.3, -0.25) is 4.57 Å². The lowest BCUT2D eigenvalue weighted by molar-refractivity contribution is 0.413. The van der Waals surface area contributed by atoms with Crippen LogP contribution in [0.3, 0.4) is 0 Å². The highest BCUT2D eigenvalue weighted by molar-refractivity contribution is 9.10. The normalized spacial score (nSPS) is 11.0. The third-order valence-electron chi connectivity index (χ3n) is 3.10. The molecule has 0 saturated carbocycles. The molecule has 0 bridgehead atoms. The number of ether oxygens (including phenoxy) is 1. The fourth-order valence-electron chi connectivity index (χ4n) is 2.18. The number of hydrogen-bond donors (Lipinski definition) is 1. The highest BCUT2D eigenvalue weighted by atomic mass is 79.9. The van der Waals surface area contributed by atoms with E-state index in [9.17, 15) is 4.39 Å². The van der Waals surface area contributed by atoms with Crippen LogP contribution in [0.1, 0.15) is 0 Å². The zero-order valence-electron chi connectivity index (χ0n) is 10.9. The first-order valence-corrected chi connectivity index (χ1v) is 7.15. The van der Waals surface area contributed by atoms with Gasteiger partial charge in [0.05, 0.1) is 28.3 Å². The van der Waals surface area contributed by atoms with E-state index in [0.29, 0.717) is 32.0 Å². The Morgan fingerprint density at radius 1 is 1.33 bits per heavy atom. The Bertz CT molecular complexity index is 850. The summed E-state index contributed by atoms with van der Waals surface area (Å²) in [6.07, 6.45) is 0. The molecule has 7 heteroatoms. The molecule has 4 nitrogen and oxygen atoms in total. The maximum Gasteiger partial charge on any atom is 0.206 e. The number of hydrogen-bond acceptors (Lipinski definition) is 3. The molecule has 0 atom stereocenters. The predicted molar refractivity (Wildman–Crippen MR) is 84.7 cm³/mol. The van der Waals surface area contributed by atoms with E-state index in [1.807, 2.05) is 0 Å². The first-order chi connectivity index (χ1) is 10.0. The molecule has 0 aliphatic heterocycles. The number of imidazole rings is 1. The number of halogens is 3. The smallest absolute Gasteiger partial charge is 0.206 e. The number of benzene rings is 2. The molecule has 1 heterocycles. The Kier molecular flexibility index (Phi) is 3.51. The fourth-order valence-corrected chi connectivity index (χ4v) is 2.68. The van der Waals surface area contributed by atoms with Gasteiger partial charge in [0.25, 0.3) is 0 Å². The van der Waals surface area contributed by atoms with E-state index >= 15 is 0 Å². The summed E-state index contributed by atoms with van der Waals surface area (Å²) in [5, 5.41) is 0.518. The van der Waals surface area contributed by atoms with Crippen LogP contribution in [0.2, 0.25) is 5.02 Å². The molecule has 0 amide bonds. The van der Waals surface area contributed by atoms with Crippen molar-refractivity contribution in [2.75, 3.05) is 12.8 Å². The Balaban J connectivity index is 2.37. The van der Waals surface area contributed by atoms with Crippen LogP contribution in [0.25, 0.3) is 16.7 Å². The van der Waals surface area contributed by atoms with Crippen LogP contribution in [0.4, 0.5) is 10.3 Å². The summed E-state index contributed by atoms with van der Waals surface area (Å²) in [5.41, 5.74) is 7.69. The van der Waals surface area contributed by atoms with Crippen LogP contribution < -0.4 is 10.5 Å². The zero-order chi connectivity index (χ0) is 15.1. The van der Waals surface area contributed by atoms with Crippen LogP contribution in [0.5, 0.6) is 5.75 Å². The minimum Gasteiger partial charge on any atom is -0.495 e. The standard InChI is InChI=1S/C14H10BrClFN3O/c1-21-13-3-2-7(16)4-12(13)20-11-6-9(17)8(15)5-10(11)19-14(20)18/h2-6H,1H3,(H2,18,19). The molecule has 0 spiro atoms. The number of aromatic nitrogens is 2. The third kappa shape index (κ3) is 2.34. The van der Waals surface area contributed by atoms with Gasteiger partial charge in [-0.25, -0.2) is 9.37 Å². The van der Waals surface area contributed by atoms with Crippen molar-refractivity contribution in [3.8, 4) is 11.4 Å². The molecular formula is C14H10BrClFN3O. The number of nitrogen functional groups attached to an aromatic ring is 1. The van der Waals surface area contributed by atoms with Crippen molar-refractivity contribution in [3.63, 3.8) is 0 Å². The molecule has 0 aliphatic rings. The molecule has 2 aromatic carbocycles. The highest BCUT2D eigenvalue weighted by Gasteiger charge is 2.16. The Labute approximate surface area is 133 Å². The Morgan fingerprint density at radius 2 is 2.10 bits per heavy atom. The van der Waals surface area contributed by atoms with Crippen molar-refractivity contribution in [1.82, 2.24) is 9.55 Å². The monoisotopic (exact) mass is 369 g/mol. The molecule has 0 saturated heterocycles. The lowest BCUT2D eigenvalue weighted by Crippen LogP contribution is -2.03. The van der Waals surface area contributed by atoms with Gasteiger partial charge in [-0.15, -0.1) is 0 Å². The molecule has 0 fully saturated rings. The lowest BCUT2D eigenvalue weighted by atomic mass is 10.2. The summed E-state index contributed by atoms with van der Waals surface area (Å²) in [6.45, 7) is 0. The van der Waals surface area contributed by atoms with Gasteiger partial charge < -0.3 is 10.5 Å². The summed E-state index contributed by atoms with van der Waals surface area (Å²) in [6, 6.07) is 8.06. The first-order valence-electron chi connectivity index (χ1n) is 5.98. The van der Waals surface area contributed by atoms with Gasteiger partial charge in [-0.2, -0.15) is 0 Å². The largest absolute Gasteiger partial charge is 0.495 e. The number of nitrogens with two attached hydrogens (primary N) is 1. The molecule has 0 radical (unpaired) electrons. The fraction of sp³-hybridized carbons (Fsp3) is 0.0714. The highest BCUT2D eigenvalue weighted by Crippen LogP contribution is 2.33. The van der Waals surface area contributed by atoms with Crippen molar-refractivity contribution in [2.24, 2.45) is 0 Å². The minimum absolute atomic E-state index is 0.225. The van der Waals surface area contributed by atoms with Crippen molar-refractivity contribution in [1.29, 1.82) is 0 Å². The van der Waals surface area contributed by atoms with Crippen LogP contribution in [0.15, 0.2) is 34.8 Å². The topological polar surface area (TPSA) is 53.1 Å². The quantitative estimate of drug-likeness (QED) is 0.736. The molecule has 2 N–H and O–H groups in total. The number of fused-ring (bicyclic) bond motifs is 1. The Hall–Kier alpha value is -1.79. The summed E-state index contributed by atoms with van der Waals surface area (Å²) < 4.78 is 21.1. The predicted octanol–water partition coefficient (Wildman–Crippen LogP) is 4.17. The molecule has 108 valence electrons. The van der Waals surface area contributed by atoms with E-state index in [0.717, 1.165) is 0 Å². The van der Waals surface area contributed by atoms with Gasteiger partial charge in [0.1, 0.15) is 11.6 Å². The van der Waals surface area contributed by atoms with Crippen molar-refractivity contribution in [2.45, 2.75) is 0 Å². The number of methoxy groups -OCH3 is 1. The van der Waals surface area contributed by atoms with Crippen LogP contribution in [0, 0.1) is 5.82 Å². The second kappa shape index (κ2) is 5.20. The maximum absolute atomic E-state index is 13.8. The molecule has 21 heavy (non-hydrogen) atoms. The molecule has 3 aromatic rings. The van der Waals surface area contributed by atoms with Gasteiger partial charge in [0, 0.05) is 11.1 Å². The van der Waals surface area contributed by atoms with E-state index in [1.165, 1.54) is 6.07 Å². The van der Waals surface area contributed by atoms with E-state index < -0.39 is 5.82 Å². The molecule has 0 aliphatic carbocycles. The summed E-state index contributed by atoms with van der Waals surface area (Å²) >= 11 is 9.17. The first kappa shape index (κ1) is 14.2. The second-order valence-corrected chi connectivity index (χ2v) is 5.67. The van der Waals surface area contributed by atoms with Crippen LogP contribution in [-0.2, 0) is 0 Å². The zero-order valence-corrected chi connectivity index (χ0v) is 13.2. The van der Waals surface area contributed by atoms with Gasteiger partial charge in [-0.1, -0.05) is 11.6 Å². The van der Waals surface area contributed by atoms with Crippen LogP contribution in [-0.4, -0.2) is 16.7 Å². The molecular weight excluding hydrogens is 361 g/mol. The maximum atomic E-state index is 13.8. The third-order valence-corrected chi connectivity index (χ3v) is 3.95. The SMILES string of the molecule is COc1ccc(Cl)cc1-n1c(N)nc2cc(Br)c(F)cc21. The second-order valence-electron chi connectivity index (χ2n) is 4.38. The molecule has 1 aromatic heterocycles. The average Bonchev–Trinajstić information content (AvgIpc) is 2.74. The van der Waals surface area contributed by atoms with E-state index in [2.05, 4.69) is 20.9 Å². The number of nitrogens with zero attached hydrogens (tertiary/aromatic N) is 2. The number of rotatable bonds is 2. The van der Waals surface area contributed by atoms with Gasteiger partial charge >= 0.3 is 0 Å².